The Labute approximate surface area is 390 Å². The summed E-state index contributed by atoms with van der Waals surface area (Å²) in [5.41, 5.74) is 4.71. The van der Waals surface area contributed by atoms with E-state index < -0.39 is 38.7 Å². The van der Waals surface area contributed by atoms with E-state index in [4.69, 9.17) is 0 Å². The van der Waals surface area contributed by atoms with Crippen LogP contribution in [0.15, 0.2) is 97.1 Å². The van der Waals surface area contributed by atoms with Crippen molar-refractivity contribution in [2.75, 3.05) is 0 Å². The molecule has 4 nitrogen and oxygen atoms in total. The summed E-state index contributed by atoms with van der Waals surface area (Å²) in [6, 6.07) is 35.1. The fourth-order valence-corrected chi connectivity index (χ4v) is 24.3. The van der Waals surface area contributed by atoms with Crippen molar-refractivity contribution in [1.82, 2.24) is 0 Å². The lowest BCUT2D eigenvalue weighted by Gasteiger charge is -2.40. The molecule has 0 fully saturated rings. The minimum Gasteiger partial charge on any atom is -0.427 e. The van der Waals surface area contributed by atoms with Crippen molar-refractivity contribution in [3.05, 3.63) is 119 Å². The molecule has 4 aromatic rings. The minimum absolute atomic E-state index is 0.153. The van der Waals surface area contributed by atoms with Gasteiger partial charge in [-0.3, -0.25) is 0 Å². The first kappa shape index (κ1) is 54.9. The molecule has 8 heteroatoms. The average molecular weight is 928 g/mol. The quantitative estimate of drug-likeness (QED) is 0.0429. The molecule has 0 aromatic heterocycles. The molecule has 0 saturated heterocycles. The first-order valence-electron chi connectivity index (χ1n) is 24.6. The molecule has 0 saturated carbocycles. The van der Waals surface area contributed by atoms with Crippen LogP contribution in [0.2, 0.25) is 44.3 Å². The van der Waals surface area contributed by atoms with Gasteiger partial charge in [-0.2, -0.15) is 0 Å². The van der Waals surface area contributed by atoms with Gasteiger partial charge in [0, 0.05) is 0 Å². The van der Waals surface area contributed by atoms with Gasteiger partial charge in [-0.1, -0.05) is 247 Å². The number of rotatable bonds is 19. The van der Waals surface area contributed by atoms with Crippen molar-refractivity contribution in [1.29, 1.82) is 0 Å². The number of benzene rings is 4. The minimum atomic E-state index is -2.82. The second-order valence-corrected chi connectivity index (χ2v) is 39.5. The van der Waals surface area contributed by atoms with Crippen molar-refractivity contribution in [3.8, 4) is 0 Å². The van der Waals surface area contributed by atoms with Gasteiger partial charge in [-0.25, -0.2) is 0 Å². The molecule has 0 unspecified atom stereocenters. The zero-order valence-electron chi connectivity index (χ0n) is 43.0. The highest BCUT2D eigenvalue weighted by atomic mass is 28.4. The monoisotopic (exact) mass is 927 g/mol. The van der Waals surface area contributed by atoms with Crippen LogP contribution in [0.5, 0.6) is 0 Å². The van der Waals surface area contributed by atoms with Gasteiger partial charge in [0.1, 0.15) is 0 Å². The summed E-state index contributed by atoms with van der Waals surface area (Å²) in [4.78, 5) is 49.0. The first-order valence-corrected chi connectivity index (χ1v) is 33.0. The third-order valence-corrected chi connectivity index (χ3v) is 34.2. The molecule has 0 heterocycles. The first-order chi connectivity index (χ1) is 29.3. The SMILES string of the molecule is CC(C)[Si](O)(c1ccc(C(c2ccc([Si](O)(C(C)C)C(C)C)cc2)(c2ccc([Si](O)(C(C)C)C(C)C)cc2)c2ccc([Si](O)(C(C)C)C(C)C)cc2)cc1)C(C)C.CCCCCC. The maximum absolute atomic E-state index is 12.3. The van der Waals surface area contributed by atoms with E-state index in [9.17, 15) is 19.2 Å². The van der Waals surface area contributed by atoms with Gasteiger partial charge in [0.2, 0.25) is 33.3 Å². The van der Waals surface area contributed by atoms with Crippen molar-refractivity contribution >= 4 is 54.0 Å². The van der Waals surface area contributed by atoms with Crippen LogP contribution in [0.25, 0.3) is 0 Å². The number of unbranched alkanes of at least 4 members (excludes halogenated alkanes) is 3. The second kappa shape index (κ2) is 22.4. The third-order valence-electron chi connectivity index (χ3n) is 15.1. The summed E-state index contributed by atoms with van der Waals surface area (Å²) in [6.07, 6.45) is 5.54. The highest BCUT2D eigenvalue weighted by molar-refractivity contribution is 6.89. The van der Waals surface area contributed by atoms with E-state index in [1.165, 1.54) is 25.7 Å². The van der Waals surface area contributed by atoms with Crippen LogP contribution in [0.3, 0.4) is 0 Å². The highest BCUT2D eigenvalue weighted by Gasteiger charge is 2.46. The van der Waals surface area contributed by atoms with Crippen LogP contribution >= 0.6 is 0 Å². The topological polar surface area (TPSA) is 80.9 Å². The molecule has 0 bridgehead atoms. The van der Waals surface area contributed by atoms with Crippen LogP contribution in [-0.4, -0.2) is 52.5 Å². The second-order valence-electron chi connectivity index (χ2n) is 21.3. The lowest BCUT2D eigenvalue weighted by atomic mass is 9.65. The molecule has 0 aliphatic rings. The Morgan fingerprint density at radius 2 is 0.444 bits per heavy atom. The standard InChI is InChI=1S/C49H76O4Si4.C6H14/c1-33(2)54(50,34(3)4)45-25-17-41(18-26-45)49(42-19-27-46(28-20-42)55(51,35(5)6)36(7)8,43-21-29-47(30-22-43)56(52,37(9)10)38(11)12)44-23-31-48(32-24-44)57(53,39(13)14)40(15)16;1-3-5-6-4-2/h17-40,50-53H,1-16H3;3-6H2,1-2H3. The molecule has 0 amide bonds. The number of hydrogen-bond acceptors (Lipinski definition) is 4. The van der Waals surface area contributed by atoms with E-state index in [1.54, 1.807) is 0 Å². The highest BCUT2D eigenvalue weighted by Crippen LogP contribution is 2.46. The van der Waals surface area contributed by atoms with Crippen molar-refractivity contribution in [2.24, 2.45) is 0 Å². The molecule has 0 atom stereocenters. The average Bonchev–Trinajstić information content (AvgIpc) is 3.25. The van der Waals surface area contributed by atoms with Crippen LogP contribution in [-0.2, 0) is 5.41 Å². The zero-order chi connectivity index (χ0) is 47.9. The number of hydrogen-bond donors (Lipinski definition) is 4. The van der Waals surface area contributed by atoms with Crippen molar-refractivity contribution < 1.29 is 19.2 Å². The molecule has 0 spiro atoms. The molecule has 0 radical (unpaired) electrons. The Kier molecular flexibility index (Phi) is 19.5. The Morgan fingerprint density at radius 3 is 0.556 bits per heavy atom. The fraction of sp³-hybridized carbons (Fsp3) is 0.564. The van der Waals surface area contributed by atoms with Gasteiger partial charge in [-0.05, 0) is 87.3 Å². The Morgan fingerprint density at radius 1 is 0.302 bits per heavy atom. The van der Waals surface area contributed by atoms with Crippen molar-refractivity contribution in [3.63, 3.8) is 0 Å². The van der Waals surface area contributed by atoms with E-state index >= 15 is 0 Å². The van der Waals surface area contributed by atoms with Crippen LogP contribution in [0.4, 0.5) is 0 Å². The fourth-order valence-electron chi connectivity index (χ4n) is 10.8. The van der Waals surface area contributed by atoms with E-state index in [0.29, 0.717) is 0 Å². The Bertz CT molecular complexity index is 1650. The maximum Gasteiger partial charge on any atom is 0.225 e. The molecule has 63 heavy (non-hydrogen) atoms. The summed E-state index contributed by atoms with van der Waals surface area (Å²) in [7, 11) is -11.3. The summed E-state index contributed by atoms with van der Waals surface area (Å²) >= 11 is 0. The summed E-state index contributed by atoms with van der Waals surface area (Å²) < 4.78 is 0. The van der Waals surface area contributed by atoms with Gasteiger partial charge in [-0.15, -0.1) is 0 Å². The molecular weight excluding hydrogens is 837 g/mol. The van der Waals surface area contributed by atoms with Gasteiger partial charge in [0.25, 0.3) is 0 Å². The lowest BCUT2D eigenvalue weighted by molar-refractivity contribution is 0.512. The molecule has 0 aliphatic heterocycles. The maximum atomic E-state index is 12.3. The molecule has 4 N–H and O–H groups in total. The lowest BCUT2D eigenvalue weighted by Crippen LogP contribution is -2.54. The van der Waals surface area contributed by atoms with Gasteiger partial charge in [0.05, 0.1) is 5.41 Å². The Balaban J connectivity index is 0.00000164. The molecular formula is C55H90O4Si4. The van der Waals surface area contributed by atoms with Gasteiger partial charge >= 0.3 is 0 Å². The van der Waals surface area contributed by atoms with Crippen molar-refractivity contribution in [2.45, 2.75) is 200 Å². The molecule has 4 rings (SSSR count). The van der Waals surface area contributed by atoms with E-state index in [1.807, 2.05) is 0 Å². The van der Waals surface area contributed by atoms with E-state index in [0.717, 1.165) is 43.0 Å². The third kappa shape index (κ3) is 10.6. The normalized spacial score (nSPS) is 13.4. The largest absolute Gasteiger partial charge is 0.427 e. The predicted molar refractivity (Wildman–Crippen MR) is 286 cm³/mol. The Hall–Kier alpha value is -2.41. The molecule has 0 aliphatic carbocycles. The van der Waals surface area contributed by atoms with Gasteiger partial charge < -0.3 is 19.2 Å². The molecule has 4 aromatic carbocycles. The summed E-state index contributed by atoms with van der Waals surface area (Å²) in [5.74, 6) is 0. The van der Waals surface area contributed by atoms with Crippen LogP contribution < -0.4 is 20.7 Å². The zero-order valence-corrected chi connectivity index (χ0v) is 47.0. The predicted octanol–water partition coefficient (Wildman–Crippen LogP) is 12.5. The summed E-state index contributed by atoms with van der Waals surface area (Å²) in [5, 5.41) is 4.13. The van der Waals surface area contributed by atoms with Gasteiger partial charge in [0.15, 0.2) is 0 Å². The molecule has 350 valence electrons. The smallest absolute Gasteiger partial charge is 0.225 e. The van der Waals surface area contributed by atoms with E-state index in [-0.39, 0.29) is 44.3 Å². The van der Waals surface area contributed by atoms with E-state index in [2.05, 4.69) is 222 Å². The van der Waals surface area contributed by atoms with Crippen LogP contribution in [0.1, 0.15) is 173 Å². The summed E-state index contributed by atoms with van der Waals surface area (Å²) in [6.45, 7) is 38.8. The van der Waals surface area contributed by atoms with Crippen LogP contribution in [0, 0.1) is 0 Å².